The molecule has 0 aliphatic carbocycles. The van der Waals surface area contributed by atoms with Gasteiger partial charge in [-0.15, -0.1) is 0 Å². The minimum absolute atomic E-state index is 0.104. The van der Waals surface area contributed by atoms with Gasteiger partial charge in [0.1, 0.15) is 11.6 Å². The number of benzene rings is 4. The van der Waals surface area contributed by atoms with E-state index in [4.69, 9.17) is 4.74 Å². The fourth-order valence-corrected chi connectivity index (χ4v) is 7.67. The average Bonchev–Trinajstić information content (AvgIpc) is 3.60. The van der Waals surface area contributed by atoms with Gasteiger partial charge in [0.2, 0.25) is 5.75 Å². The second-order valence-corrected chi connectivity index (χ2v) is 14.5. The summed E-state index contributed by atoms with van der Waals surface area (Å²) in [7, 11) is 0. The zero-order valence-corrected chi connectivity index (χ0v) is 31.9. The SMILES string of the molecule is CCC(C)C(C(=O)O)c1c(C)n(C(=O)c2cccc(F)c2)c2cc(F)c(OC(=O)C(c3c(C)n(C(=O)c4cccc(F)c4)c4cc(F)c(O)c(F)c34)C(C)C)c(F)c12. The molecule has 0 amide bonds. The Kier molecular flexibility index (Phi) is 11.0. The van der Waals surface area contributed by atoms with Gasteiger partial charge in [-0.3, -0.25) is 28.3 Å². The molecule has 0 aliphatic rings. The molecule has 3 atom stereocenters. The summed E-state index contributed by atoms with van der Waals surface area (Å²) in [6.45, 7) is 8.77. The first-order valence-electron chi connectivity index (χ1n) is 18.1. The van der Waals surface area contributed by atoms with E-state index in [1.165, 1.54) is 52.0 Å². The number of carboxylic acids is 1. The maximum Gasteiger partial charge on any atom is 0.319 e. The van der Waals surface area contributed by atoms with Crippen LogP contribution in [0.15, 0.2) is 60.7 Å². The van der Waals surface area contributed by atoms with Crippen molar-refractivity contribution in [1.82, 2.24) is 9.13 Å². The molecule has 0 bridgehead atoms. The Morgan fingerprint density at radius 3 is 1.60 bits per heavy atom. The molecule has 302 valence electrons. The second-order valence-electron chi connectivity index (χ2n) is 14.5. The van der Waals surface area contributed by atoms with Gasteiger partial charge in [-0.05, 0) is 73.2 Å². The predicted molar refractivity (Wildman–Crippen MR) is 200 cm³/mol. The quantitative estimate of drug-likeness (QED) is 0.0802. The van der Waals surface area contributed by atoms with Crippen molar-refractivity contribution in [3.05, 3.63) is 129 Å². The lowest BCUT2D eigenvalue weighted by atomic mass is 9.84. The molecule has 6 rings (SSSR count). The summed E-state index contributed by atoms with van der Waals surface area (Å²) < 4.78 is 99.6. The minimum Gasteiger partial charge on any atom is -0.503 e. The van der Waals surface area contributed by atoms with Gasteiger partial charge in [-0.25, -0.2) is 26.3 Å². The third-order valence-corrected chi connectivity index (χ3v) is 10.6. The number of hydrogen-bond acceptors (Lipinski definition) is 6. The van der Waals surface area contributed by atoms with Gasteiger partial charge < -0.3 is 14.9 Å². The average molecular weight is 807 g/mol. The predicted octanol–water partition coefficient (Wildman–Crippen LogP) is 9.69. The Morgan fingerprint density at radius 1 is 0.690 bits per heavy atom. The van der Waals surface area contributed by atoms with Crippen molar-refractivity contribution in [1.29, 1.82) is 0 Å². The van der Waals surface area contributed by atoms with Crippen molar-refractivity contribution < 1.29 is 60.5 Å². The first-order valence-corrected chi connectivity index (χ1v) is 18.1. The highest BCUT2D eigenvalue weighted by Gasteiger charge is 2.39. The lowest BCUT2D eigenvalue weighted by Gasteiger charge is -2.22. The standard InChI is InChI=1S/C43H36F6N2O7/c1-7-19(4)31(42(55)56)33-21(6)51(41(54)23-11-9-13-25(45)15-23)29-17-27(47)39(37(49)35(29)33)58-43(57)30(18(2)3)32-20(5)50(40(53)22-10-8-12-24(44)14-22)28-16-26(46)38(52)36(48)34(28)32/h8-19,30-31,52H,7H2,1-6H3,(H,55,56). The molecule has 0 saturated heterocycles. The number of carbonyl (C=O) groups is 4. The second kappa shape index (κ2) is 15.5. The summed E-state index contributed by atoms with van der Waals surface area (Å²) in [6, 6.07) is 10.2. The molecule has 0 radical (unpaired) electrons. The molecule has 6 aromatic rings. The van der Waals surface area contributed by atoms with Crippen LogP contribution < -0.4 is 4.74 Å². The lowest BCUT2D eigenvalue weighted by molar-refractivity contribution is -0.140. The number of nitrogens with zero attached hydrogens (tertiary/aromatic N) is 2. The number of phenols is 1. The number of aromatic hydroxyl groups is 1. The zero-order chi connectivity index (χ0) is 42.7. The van der Waals surface area contributed by atoms with Crippen molar-refractivity contribution in [2.24, 2.45) is 11.8 Å². The van der Waals surface area contributed by atoms with Gasteiger partial charge in [-0.1, -0.05) is 46.2 Å². The van der Waals surface area contributed by atoms with Crippen LogP contribution in [0, 0.1) is 60.6 Å². The Labute approximate surface area is 327 Å². The normalized spacial score (nSPS) is 13.3. The van der Waals surface area contributed by atoms with Crippen LogP contribution in [0.4, 0.5) is 26.3 Å². The van der Waals surface area contributed by atoms with Crippen LogP contribution in [0.1, 0.15) is 89.2 Å². The Balaban J connectivity index is 1.57. The number of halogens is 6. The molecule has 2 N–H and O–H groups in total. The van der Waals surface area contributed by atoms with Crippen LogP contribution in [-0.4, -0.2) is 43.1 Å². The number of esters is 1. The highest BCUT2D eigenvalue weighted by atomic mass is 19.2. The fourth-order valence-electron chi connectivity index (χ4n) is 7.67. The Morgan fingerprint density at radius 2 is 1.16 bits per heavy atom. The first kappa shape index (κ1) is 41.3. The van der Waals surface area contributed by atoms with Gasteiger partial charge >= 0.3 is 11.9 Å². The number of hydrogen-bond donors (Lipinski definition) is 2. The highest BCUT2D eigenvalue weighted by molar-refractivity contribution is 6.07. The van der Waals surface area contributed by atoms with Crippen molar-refractivity contribution in [3.63, 3.8) is 0 Å². The monoisotopic (exact) mass is 806 g/mol. The van der Waals surface area contributed by atoms with E-state index in [-0.39, 0.29) is 40.1 Å². The maximum atomic E-state index is 17.0. The summed E-state index contributed by atoms with van der Waals surface area (Å²) in [6.07, 6.45) is 0.270. The van der Waals surface area contributed by atoms with Crippen LogP contribution in [0.5, 0.6) is 11.5 Å². The molecule has 9 nitrogen and oxygen atoms in total. The summed E-state index contributed by atoms with van der Waals surface area (Å²) in [5.74, 6) is -19.9. The van der Waals surface area contributed by atoms with Crippen LogP contribution in [-0.2, 0) is 9.59 Å². The third kappa shape index (κ3) is 6.77. The maximum absolute atomic E-state index is 17.0. The van der Waals surface area contributed by atoms with E-state index in [1.807, 2.05) is 0 Å². The molecule has 4 aromatic carbocycles. The van der Waals surface area contributed by atoms with Crippen LogP contribution in [0.3, 0.4) is 0 Å². The summed E-state index contributed by atoms with van der Waals surface area (Å²) in [5.41, 5.74) is -2.20. The van der Waals surface area contributed by atoms with Crippen LogP contribution in [0.2, 0.25) is 0 Å². The van der Waals surface area contributed by atoms with Gasteiger partial charge in [0.25, 0.3) is 11.8 Å². The third-order valence-electron chi connectivity index (χ3n) is 10.6. The van der Waals surface area contributed by atoms with Gasteiger partial charge in [0.05, 0.1) is 22.9 Å². The summed E-state index contributed by atoms with van der Waals surface area (Å²) in [5, 5.41) is 19.5. The molecule has 0 aliphatic heterocycles. The number of aromatic nitrogens is 2. The number of rotatable bonds is 10. The van der Waals surface area contributed by atoms with E-state index in [2.05, 4.69) is 0 Å². The number of fused-ring (bicyclic) bond motifs is 2. The minimum atomic E-state index is -1.68. The van der Waals surface area contributed by atoms with E-state index >= 15 is 13.2 Å². The molecule has 2 heterocycles. The summed E-state index contributed by atoms with van der Waals surface area (Å²) in [4.78, 5) is 54.7. The first-order chi connectivity index (χ1) is 27.3. The zero-order valence-electron chi connectivity index (χ0n) is 31.9. The topological polar surface area (TPSA) is 128 Å². The molecule has 0 saturated carbocycles. The Hall–Kier alpha value is -6.38. The van der Waals surface area contributed by atoms with E-state index in [0.29, 0.717) is 12.1 Å². The molecule has 3 unspecified atom stereocenters. The van der Waals surface area contributed by atoms with Crippen molar-refractivity contribution >= 4 is 45.6 Å². The van der Waals surface area contributed by atoms with Crippen LogP contribution in [0.25, 0.3) is 21.8 Å². The van der Waals surface area contributed by atoms with Gasteiger partial charge in [0, 0.05) is 45.4 Å². The van der Waals surface area contributed by atoms with Gasteiger partial charge in [-0.2, -0.15) is 0 Å². The highest BCUT2D eigenvalue weighted by Crippen LogP contribution is 2.45. The van der Waals surface area contributed by atoms with E-state index < -0.39 is 116 Å². The van der Waals surface area contributed by atoms with Gasteiger partial charge in [0.15, 0.2) is 29.0 Å². The molecular weight excluding hydrogens is 770 g/mol. The largest absolute Gasteiger partial charge is 0.503 e. The number of ether oxygens (including phenoxy) is 1. The van der Waals surface area contributed by atoms with Crippen LogP contribution >= 0.6 is 0 Å². The van der Waals surface area contributed by atoms with Crippen molar-refractivity contribution in [3.8, 4) is 11.5 Å². The van der Waals surface area contributed by atoms with E-state index in [1.54, 1.807) is 13.8 Å². The molecule has 0 spiro atoms. The molecule has 58 heavy (non-hydrogen) atoms. The molecule has 15 heteroatoms. The number of carbonyl (C=O) groups excluding carboxylic acids is 3. The number of phenolic OH excluding ortho intramolecular Hbond substituents is 1. The van der Waals surface area contributed by atoms with Crippen molar-refractivity contribution in [2.45, 2.75) is 59.8 Å². The fraction of sp³-hybridized carbons (Fsp3) is 0.256. The van der Waals surface area contributed by atoms with E-state index in [9.17, 15) is 42.6 Å². The Bertz CT molecular complexity index is 2700. The molecular formula is C43H36F6N2O7. The molecule has 0 fully saturated rings. The van der Waals surface area contributed by atoms with Crippen molar-refractivity contribution in [2.75, 3.05) is 0 Å². The molecule has 2 aromatic heterocycles. The number of carboxylic acid groups (broad SMARTS) is 1. The smallest absolute Gasteiger partial charge is 0.319 e. The lowest BCUT2D eigenvalue weighted by Crippen LogP contribution is -2.25. The van der Waals surface area contributed by atoms with E-state index in [0.717, 1.165) is 33.4 Å². The summed E-state index contributed by atoms with van der Waals surface area (Å²) >= 11 is 0. The number of aliphatic carboxylic acids is 1.